The molecule has 17 heavy (non-hydrogen) atoms. The van der Waals surface area contributed by atoms with Gasteiger partial charge in [0.2, 0.25) is 0 Å². The largest absolute Gasteiger partial charge is 0.462 e. The average Bonchev–Trinajstić information content (AvgIpc) is 2.29. The van der Waals surface area contributed by atoms with Gasteiger partial charge >= 0.3 is 5.97 Å². The number of rotatable bonds is 7. The summed E-state index contributed by atoms with van der Waals surface area (Å²) >= 11 is 0. The third kappa shape index (κ3) is 7.31. The molecular formula is C12H24N2O3. The summed E-state index contributed by atoms with van der Waals surface area (Å²) in [6, 6.07) is 0. The summed E-state index contributed by atoms with van der Waals surface area (Å²) in [4.78, 5) is 13.6. The molecule has 1 rings (SSSR count). The first-order chi connectivity index (χ1) is 8.18. The Morgan fingerprint density at radius 2 is 2.12 bits per heavy atom. The van der Waals surface area contributed by atoms with Crippen molar-refractivity contribution >= 4 is 5.97 Å². The van der Waals surface area contributed by atoms with E-state index in [9.17, 15) is 4.79 Å². The van der Waals surface area contributed by atoms with Gasteiger partial charge in [-0.2, -0.15) is 0 Å². The van der Waals surface area contributed by atoms with Gasteiger partial charge in [-0.25, -0.2) is 0 Å². The van der Waals surface area contributed by atoms with Crippen LogP contribution in [0.15, 0.2) is 0 Å². The zero-order valence-corrected chi connectivity index (χ0v) is 10.9. The number of hydrogen-bond donors (Lipinski definition) is 1. The van der Waals surface area contributed by atoms with Gasteiger partial charge in [0.05, 0.1) is 25.9 Å². The Kier molecular flexibility index (Phi) is 7.16. The molecule has 0 radical (unpaired) electrons. The molecule has 0 aromatic carbocycles. The standard InChI is InChI=1S/C12H24N2O3/c1-11(2)17-12(15)10-13-4-3-5-14-6-8-16-9-7-14/h11,13H,3-10H2,1-2H3. The molecule has 0 amide bonds. The molecule has 1 N–H and O–H groups in total. The summed E-state index contributed by atoms with van der Waals surface area (Å²) in [6.45, 7) is 9.67. The molecule has 100 valence electrons. The monoisotopic (exact) mass is 244 g/mol. The van der Waals surface area contributed by atoms with Crippen LogP contribution < -0.4 is 5.32 Å². The van der Waals surface area contributed by atoms with Gasteiger partial charge in [0.1, 0.15) is 0 Å². The minimum Gasteiger partial charge on any atom is -0.462 e. The number of carbonyl (C=O) groups is 1. The molecule has 1 fully saturated rings. The summed E-state index contributed by atoms with van der Waals surface area (Å²) in [5.74, 6) is -0.175. The molecule has 5 heteroatoms. The molecule has 0 aliphatic carbocycles. The molecule has 0 aromatic heterocycles. The van der Waals surface area contributed by atoms with Crippen molar-refractivity contribution in [2.24, 2.45) is 0 Å². The molecule has 5 nitrogen and oxygen atoms in total. The average molecular weight is 244 g/mol. The second-order valence-electron chi connectivity index (χ2n) is 4.52. The summed E-state index contributed by atoms with van der Waals surface area (Å²) < 4.78 is 10.3. The van der Waals surface area contributed by atoms with Crippen molar-refractivity contribution in [3.63, 3.8) is 0 Å². The van der Waals surface area contributed by atoms with Crippen molar-refractivity contribution < 1.29 is 14.3 Å². The van der Waals surface area contributed by atoms with Crippen LogP contribution >= 0.6 is 0 Å². The van der Waals surface area contributed by atoms with Gasteiger partial charge in [-0.1, -0.05) is 0 Å². The second kappa shape index (κ2) is 8.44. The molecule has 0 saturated carbocycles. The predicted molar refractivity (Wildman–Crippen MR) is 66.0 cm³/mol. The zero-order valence-electron chi connectivity index (χ0n) is 10.9. The molecule has 0 atom stereocenters. The first-order valence-corrected chi connectivity index (χ1v) is 6.39. The smallest absolute Gasteiger partial charge is 0.320 e. The van der Waals surface area contributed by atoms with Gasteiger partial charge < -0.3 is 14.8 Å². The van der Waals surface area contributed by atoms with Crippen LogP contribution in [0.1, 0.15) is 20.3 Å². The Morgan fingerprint density at radius 3 is 2.76 bits per heavy atom. The van der Waals surface area contributed by atoms with Crippen LogP contribution in [0.5, 0.6) is 0 Å². The lowest BCUT2D eigenvalue weighted by Gasteiger charge is -2.26. The van der Waals surface area contributed by atoms with Crippen LogP contribution in [0.2, 0.25) is 0 Å². The van der Waals surface area contributed by atoms with Gasteiger partial charge in [0.15, 0.2) is 0 Å². The summed E-state index contributed by atoms with van der Waals surface area (Å²) in [7, 11) is 0. The Hall–Kier alpha value is -0.650. The van der Waals surface area contributed by atoms with E-state index in [1.807, 2.05) is 13.8 Å². The molecule has 1 heterocycles. The number of morpholine rings is 1. The maximum atomic E-state index is 11.2. The van der Waals surface area contributed by atoms with Crippen LogP contribution in [0, 0.1) is 0 Å². The Balaban J connectivity index is 1.91. The SMILES string of the molecule is CC(C)OC(=O)CNCCCN1CCOCC1. The number of nitrogens with one attached hydrogen (secondary N) is 1. The lowest BCUT2D eigenvalue weighted by Crippen LogP contribution is -2.38. The minimum atomic E-state index is -0.175. The van der Waals surface area contributed by atoms with Gasteiger partial charge in [-0.05, 0) is 33.4 Å². The molecule has 1 saturated heterocycles. The number of ether oxygens (including phenoxy) is 2. The lowest BCUT2D eigenvalue weighted by molar-refractivity contribution is -0.146. The van der Waals surface area contributed by atoms with Crippen molar-refractivity contribution in [3.05, 3.63) is 0 Å². The Morgan fingerprint density at radius 1 is 1.41 bits per heavy atom. The molecule has 1 aliphatic rings. The number of hydrogen-bond acceptors (Lipinski definition) is 5. The van der Waals surface area contributed by atoms with Crippen LogP contribution in [-0.4, -0.2) is 62.9 Å². The van der Waals surface area contributed by atoms with Gasteiger partial charge in [0.25, 0.3) is 0 Å². The number of carbonyl (C=O) groups excluding carboxylic acids is 1. The van der Waals surface area contributed by atoms with E-state index < -0.39 is 0 Å². The Bertz CT molecular complexity index is 216. The van der Waals surface area contributed by atoms with Crippen LogP contribution in [-0.2, 0) is 14.3 Å². The van der Waals surface area contributed by atoms with Gasteiger partial charge in [0, 0.05) is 13.1 Å². The maximum absolute atomic E-state index is 11.2. The van der Waals surface area contributed by atoms with E-state index in [0.717, 1.165) is 45.8 Å². The van der Waals surface area contributed by atoms with Crippen LogP contribution in [0.3, 0.4) is 0 Å². The van der Waals surface area contributed by atoms with Crippen molar-refractivity contribution in [2.45, 2.75) is 26.4 Å². The highest BCUT2D eigenvalue weighted by Gasteiger charge is 2.09. The summed E-state index contributed by atoms with van der Waals surface area (Å²) in [5.41, 5.74) is 0. The van der Waals surface area contributed by atoms with E-state index in [4.69, 9.17) is 9.47 Å². The minimum absolute atomic E-state index is 0.0300. The summed E-state index contributed by atoms with van der Waals surface area (Å²) in [6.07, 6.45) is 1.02. The van der Waals surface area contributed by atoms with Crippen molar-refractivity contribution in [3.8, 4) is 0 Å². The molecule has 1 aliphatic heterocycles. The fourth-order valence-corrected chi connectivity index (χ4v) is 1.75. The van der Waals surface area contributed by atoms with E-state index in [1.54, 1.807) is 0 Å². The number of nitrogens with zero attached hydrogens (tertiary/aromatic N) is 1. The Labute approximate surface area is 103 Å². The van der Waals surface area contributed by atoms with Crippen molar-refractivity contribution in [1.29, 1.82) is 0 Å². The summed E-state index contributed by atoms with van der Waals surface area (Å²) in [5, 5.41) is 3.10. The second-order valence-corrected chi connectivity index (χ2v) is 4.52. The van der Waals surface area contributed by atoms with E-state index in [-0.39, 0.29) is 12.1 Å². The van der Waals surface area contributed by atoms with Crippen LogP contribution in [0.4, 0.5) is 0 Å². The fraction of sp³-hybridized carbons (Fsp3) is 0.917. The third-order valence-electron chi connectivity index (χ3n) is 2.57. The lowest BCUT2D eigenvalue weighted by atomic mass is 10.3. The normalized spacial score (nSPS) is 17.4. The first-order valence-electron chi connectivity index (χ1n) is 6.39. The van der Waals surface area contributed by atoms with Crippen LogP contribution in [0.25, 0.3) is 0 Å². The zero-order chi connectivity index (χ0) is 12.5. The van der Waals surface area contributed by atoms with Gasteiger partial charge in [-0.3, -0.25) is 9.69 Å². The van der Waals surface area contributed by atoms with Crippen molar-refractivity contribution in [2.75, 3.05) is 45.9 Å². The third-order valence-corrected chi connectivity index (χ3v) is 2.57. The van der Waals surface area contributed by atoms with Crippen molar-refractivity contribution in [1.82, 2.24) is 10.2 Å². The number of esters is 1. The molecular weight excluding hydrogens is 220 g/mol. The highest BCUT2D eigenvalue weighted by molar-refractivity contribution is 5.71. The maximum Gasteiger partial charge on any atom is 0.320 e. The van der Waals surface area contributed by atoms with E-state index in [1.165, 1.54) is 0 Å². The highest BCUT2D eigenvalue weighted by atomic mass is 16.5. The quantitative estimate of drug-likeness (QED) is 0.514. The topological polar surface area (TPSA) is 50.8 Å². The molecule has 0 unspecified atom stereocenters. The highest BCUT2D eigenvalue weighted by Crippen LogP contribution is 1.97. The van der Waals surface area contributed by atoms with Gasteiger partial charge in [-0.15, -0.1) is 0 Å². The van der Waals surface area contributed by atoms with E-state index >= 15 is 0 Å². The molecule has 0 bridgehead atoms. The van der Waals surface area contributed by atoms with E-state index in [2.05, 4.69) is 10.2 Å². The molecule has 0 aromatic rings. The van der Waals surface area contributed by atoms with E-state index in [0.29, 0.717) is 6.54 Å². The predicted octanol–water partition coefficient (Wildman–Crippen LogP) is 0.250. The molecule has 0 spiro atoms. The first kappa shape index (κ1) is 14.4. The fourth-order valence-electron chi connectivity index (χ4n) is 1.75.